The van der Waals surface area contributed by atoms with Crippen LogP contribution in [-0.4, -0.2) is 18.0 Å². The molecule has 0 spiro atoms. The summed E-state index contributed by atoms with van der Waals surface area (Å²) in [6, 6.07) is 5.68. The number of anilines is 2. The fraction of sp³-hybridized carbons (Fsp3) is 0.333. The Labute approximate surface area is 108 Å². The first-order valence-corrected chi connectivity index (χ1v) is 5.50. The number of halogens is 3. The highest BCUT2D eigenvalue weighted by atomic mass is 19.4. The molecule has 0 bridgehead atoms. The molecule has 0 saturated carbocycles. The van der Waals surface area contributed by atoms with Crippen LogP contribution in [0.25, 0.3) is 0 Å². The normalized spacial score (nSPS) is 11.3. The van der Waals surface area contributed by atoms with Crippen LogP contribution in [0.2, 0.25) is 0 Å². The van der Waals surface area contributed by atoms with Crippen LogP contribution in [0.5, 0.6) is 0 Å². The molecule has 4 nitrogen and oxygen atoms in total. The van der Waals surface area contributed by atoms with Crippen molar-refractivity contribution in [2.75, 3.05) is 10.6 Å². The summed E-state index contributed by atoms with van der Waals surface area (Å²) in [7, 11) is 0. The highest BCUT2D eigenvalue weighted by molar-refractivity contribution is 6.01. The third kappa shape index (κ3) is 4.27. The minimum atomic E-state index is -4.98. The van der Waals surface area contributed by atoms with E-state index in [-0.39, 0.29) is 23.2 Å². The number of hydrogen-bond acceptors (Lipinski definition) is 2. The van der Waals surface area contributed by atoms with Crippen LogP contribution >= 0.6 is 0 Å². The highest BCUT2D eigenvalue weighted by Crippen LogP contribution is 2.24. The van der Waals surface area contributed by atoms with E-state index < -0.39 is 12.1 Å². The Morgan fingerprint density at radius 1 is 1.05 bits per heavy atom. The fourth-order valence-corrected chi connectivity index (χ4v) is 1.17. The maximum atomic E-state index is 12.2. The standard InChI is InChI=1S/C12H13F3N2O2/c1-7(2)10(18)16-8-5-3-4-6-9(8)17-11(19)12(13,14)15/h3-7H,1-2H3,(H,16,18)(H,17,19). The van der Waals surface area contributed by atoms with Gasteiger partial charge in [-0.25, -0.2) is 0 Å². The monoisotopic (exact) mass is 274 g/mol. The molecule has 0 heterocycles. The number of para-hydroxylation sites is 2. The first-order valence-electron chi connectivity index (χ1n) is 5.50. The highest BCUT2D eigenvalue weighted by Gasteiger charge is 2.39. The number of carbonyl (C=O) groups excluding carboxylic acids is 2. The molecule has 7 heteroatoms. The van der Waals surface area contributed by atoms with Crippen molar-refractivity contribution >= 4 is 23.2 Å². The third-order valence-corrected chi connectivity index (χ3v) is 2.21. The first kappa shape index (κ1) is 15.0. The Hall–Kier alpha value is -2.05. The second-order valence-electron chi connectivity index (χ2n) is 4.14. The second-order valence-corrected chi connectivity index (χ2v) is 4.14. The Morgan fingerprint density at radius 2 is 1.53 bits per heavy atom. The van der Waals surface area contributed by atoms with Crippen molar-refractivity contribution in [3.63, 3.8) is 0 Å². The van der Waals surface area contributed by atoms with Gasteiger partial charge in [-0.15, -0.1) is 0 Å². The Bertz CT molecular complexity index is 484. The topological polar surface area (TPSA) is 58.2 Å². The number of alkyl halides is 3. The lowest BCUT2D eigenvalue weighted by Gasteiger charge is -2.14. The summed E-state index contributed by atoms with van der Waals surface area (Å²) in [5, 5.41) is 4.16. The second kappa shape index (κ2) is 5.73. The van der Waals surface area contributed by atoms with E-state index in [0.717, 1.165) is 0 Å². The van der Waals surface area contributed by atoms with E-state index in [1.54, 1.807) is 25.2 Å². The molecule has 2 amide bonds. The first-order chi connectivity index (χ1) is 8.71. The summed E-state index contributed by atoms with van der Waals surface area (Å²) < 4.78 is 36.5. The van der Waals surface area contributed by atoms with Crippen LogP contribution in [0, 0.1) is 5.92 Å². The average molecular weight is 274 g/mol. The summed E-state index contributed by atoms with van der Waals surface area (Å²) >= 11 is 0. The average Bonchev–Trinajstić information content (AvgIpc) is 2.30. The van der Waals surface area contributed by atoms with E-state index >= 15 is 0 Å². The lowest BCUT2D eigenvalue weighted by atomic mass is 10.2. The maximum Gasteiger partial charge on any atom is 0.471 e. The van der Waals surface area contributed by atoms with Gasteiger partial charge in [-0.2, -0.15) is 13.2 Å². The van der Waals surface area contributed by atoms with E-state index in [1.165, 1.54) is 18.2 Å². The molecule has 0 unspecified atom stereocenters. The molecule has 0 radical (unpaired) electrons. The number of amides is 2. The SMILES string of the molecule is CC(C)C(=O)Nc1ccccc1NC(=O)C(F)(F)F. The lowest BCUT2D eigenvalue weighted by Crippen LogP contribution is -2.30. The molecule has 0 aliphatic heterocycles. The quantitative estimate of drug-likeness (QED) is 0.890. The molecule has 0 aliphatic carbocycles. The molecule has 0 aromatic heterocycles. The van der Waals surface area contributed by atoms with Gasteiger partial charge < -0.3 is 10.6 Å². The molecular weight excluding hydrogens is 261 g/mol. The zero-order valence-electron chi connectivity index (χ0n) is 10.3. The molecule has 1 aromatic carbocycles. The van der Waals surface area contributed by atoms with Crippen molar-refractivity contribution in [2.45, 2.75) is 20.0 Å². The van der Waals surface area contributed by atoms with Gasteiger partial charge in [-0.1, -0.05) is 26.0 Å². The van der Waals surface area contributed by atoms with Crippen LogP contribution in [0.15, 0.2) is 24.3 Å². The minimum Gasteiger partial charge on any atom is -0.324 e. The molecule has 0 fully saturated rings. The van der Waals surface area contributed by atoms with E-state index in [1.807, 2.05) is 0 Å². The van der Waals surface area contributed by atoms with Crippen LogP contribution in [0.3, 0.4) is 0 Å². The molecule has 0 saturated heterocycles. The number of carbonyl (C=O) groups is 2. The molecule has 104 valence electrons. The molecule has 1 rings (SSSR count). The summed E-state index contributed by atoms with van der Waals surface area (Å²) in [5.74, 6) is -2.76. The van der Waals surface area contributed by atoms with Crippen molar-refractivity contribution in [2.24, 2.45) is 5.92 Å². The number of benzene rings is 1. The number of rotatable bonds is 3. The van der Waals surface area contributed by atoms with Crippen molar-refractivity contribution in [1.82, 2.24) is 0 Å². The van der Waals surface area contributed by atoms with E-state index in [2.05, 4.69) is 5.32 Å². The van der Waals surface area contributed by atoms with Crippen LogP contribution in [-0.2, 0) is 9.59 Å². The number of nitrogens with one attached hydrogen (secondary N) is 2. The van der Waals surface area contributed by atoms with E-state index in [4.69, 9.17) is 0 Å². The zero-order valence-corrected chi connectivity index (χ0v) is 10.3. The predicted octanol–water partition coefficient (Wildman–Crippen LogP) is 2.78. The zero-order chi connectivity index (χ0) is 14.6. The van der Waals surface area contributed by atoms with Crippen molar-refractivity contribution in [3.05, 3.63) is 24.3 Å². The molecule has 1 aromatic rings. The molecule has 19 heavy (non-hydrogen) atoms. The van der Waals surface area contributed by atoms with Gasteiger partial charge in [0, 0.05) is 5.92 Å². The van der Waals surface area contributed by atoms with Gasteiger partial charge in [0.15, 0.2) is 0 Å². The summed E-state index contributed by atoms with van der Waals surface area (Å²) in [5.41, 5.74) is 0.0256. The Morgan fingerprint density at radius 3 is 1.95 bits per heavy atom. The van der Waals surface area contributed by atoms with E-state index in [9.17, 15) is 22.8 Å². The Balaban J connectivity index is 2.91. The van der Waals surface area contributed by atoms with Gasteiger partial charge in [-0.05, 0) is 12.1 Å². The molecule has 0 atom stereocenters. The summed E-state index contributed by atoms with van der Waals surface area (Å²) in [6.45, 7) is 3.29. The van der Waals surface area contributed by atoms with Crippen LogP contribution in [0.1, 0.15) is 13.8 Å². The maximum absolute atomic E-state index is 12.2. The predicted molar refractivity (Wildman–Crippen MR) is 64.6 cm³/mol. The fourth-order valence-electron chi connectivity index (χ4n) is 1.17. The Kier molecular flexibility index (Phi) is 4.52. The third-order valence-electron chi connectivity index (χ3n) is 2.21. The van der Waals surface area contributed by atoms with Gasteiger partial charge >= 0.3 is 12.1 Å². The van der Waals surface area contributed by atoms with Gasteiger partial charge in [0.2, 0.25) is 5.91 Å². The molecule has 0 aliphatic rings. The van der Waals surface area contributed by atoms with Gasteiger partial charge in [-0.3, -0.25) is 9.59 Å². The van der Waals surface area contributed by atoms with Crippen molar-refractivity contribution in [1.29, 1.82) is 0 Å². The molecular formula is C12H13F3N2O2. The van der Waals surface area contributed by atoms with Gasteiger partial charge in [0.25, 0.3) is 0 Å². The minimum absolute atomic E-state index is 0.0983. The number of hydrogen-bond donors (Lipinski definition) is 2. The van der Waals surface area contributed by atoms with Crippen molar-refractivity contribution < 1.29 is 22.8 Å². The van der Waals surface area contributed by atoms with Gasteiger partial charge in [0.1, 0.15) is 0 Å². The van der Waals surface area contributed by atoms with E-state index in [0.29, 0.717) is 0 Å². The summed E-state index contributed by atoms with van der Waals surface area (Å²) in [6.07, 6.45) is -4.98. The van der Waals surface area contributed by atoms with Gasteiger partial charge in [0.05, 0.1) is 11.4 Å². The lowest BCUT2D eigenvalue weighted by molar-refractivity contribution is -0.167. The van der Waals surface area contributed by atoms with Crippen LogP contribution in [0.4, 0.5) is 24.5 Å². The molecule has 2 N–H and O–H groups in total. The van der Waals surface area contributed by atoms with Crippen LogP contribution < -0.4 is 10.6 Å². The smallest absolute Gasteiger partial charge is 0.324 e. The summed E-state index contributed by atoms with van der Waals surface area (Å²) in [4.78, 5) is 22.4. The van der Waals surface area contributed by atoms with Crippen molar-refractivity contribution in [3.8, 4) is 0 Å². The largest absolute Gasteiger partial charge is 0.471 e.